The first kappa shape index (κ1) is 47.2. The largest absolute Gasteiger partial charge is 0.310 e. The van der Waals surface area contributed by atoms with E-state index in [1.165, 1.54) is 0 Å². The molecule has 63 heavy (non-hydrogen) atoms. The molecule has 2 N–H and O–H groups in total. The average molecular weight is 863 g/mol. The summed E-state index contributed by atoms with van der Waals surface area (Å²) in [7, 11) is 0. The zero-order chi connectivity index (χ0) is 43.6. The first-order valence-electron chi connectivity index (χ1n) is 22.2. The maximum absolute atomic E-state index is 13.9. The molecule has 0 amide bonds. The lowest BCUT2D eigenvalue weighted by Crippen LogP contribution is -2.43. The second-order valence-electron chi connectivity index (χ2n) is 16.7. The van der Waals surface area contributed by atoms with Crippen LogP contribution in [0.15, 0.2) is 82.9 Å². The predicted octanol–water partition coefficient (Wildman–Crippen LogP) is 6.75. The van der Waals surface area contributed by atoms with Gasteiger partial charge < -0.3 is 29.6 Å². The van der Waals surface area contributed by atoms with Crippen LogP contribution in [-0.4, -0.2) is 90.2 Å². The number of likely N-dealkylation sites (tertiary alicyclic amines) is 2. The SMILES string of the molecule is C.CCc1ncc(CNC2CCN(CCn3c(=O)ccc4ncc(C)cc43)CC2)cc1F.CCc1ncc(CNC2CCN(CCn3c(=O)ccc4ncc(C)cc43)CC2)cc1F. The molecule has 8 rings (SSSR count). The Balaban J connectivity index is 0.000000206. The molecule has 6 aromatic rings. The Bertz CT molecular complexity index is 2390. The van der Waals surface area contributed by atoms with Gasteiger partial charge in [-0.05, 0) is 137 Å². The topological polar surface area (TPSA) is 126 Å². The highest BCUT2D eigenvalue weighted by Gasteiger charge is 2.21. The molecular formula is C49H64F2N10O2. The van der Waals surface area contributed by atoms with Crippen LogP contribution in [-0.2, 0) is 39.0 Å². The van der Waals surface area contributed by atoms with Gasteiger partial charge >= 0.3 is 0 Å². The fourth-order valence-corrected chi connectivity index (χ4v) is 8.45. The first-order chi connectivity index (χ1) is 30.1. The lowest BCUT2D eigenvalue weighted by Gasteiger charge is -2.32. The van der Waals surface area contributed by atoms with E-state index in [2.05, 4.69) is 40.4 Å². The van der Waals surface area contributed by atoms with Crippen molar-refractivity contribution in [2.45, 2.75) is 112 Å². The van der Waals surface area contributed by atoms with Crippen molar-refractivity contribution in [3.8, 4) is 0 Å². The van der Waals surface area contributed by atoms with Crippen LogP contribution in [0.25, 0.3) is 22.1 Å². The van der Waals surface area contributed by atoms with Gasteiger partial charge in [-0.25, -0.2) is 8.78 Å². The molecule has 8 heterocycles. The zero-order valence-electron chi connectivity index (χ0n) is 36.5. The summed E-state index contributed by atoms with van der Waals surface area (Å²) in [6.07, 6.45) is 12.6. The molecule has 336 valence electrons. The number of aromatic nitrogens is 6. The maximum Gasteiger partial charge on any atom is 0.251 e. The van der Waals surface area contributed by atoms with Crippen molar-refractivity contribution in [2.24, 2.45) is 0 Å². The molecule has 12 nitrogen and oxygen atoms in total. The van der Waals surface area contributed by atoms with Gasteiger partial charge in [-0.3, -0.25) is 29.5 Å². The van der Waals surface area contributed by atoms with Crippen molar-refractivity contribution in [2.75, 3.05) is 39.3 Å². The lowest BCUT2D eigenvalue weighted by molar-refractivity contribution is 0.191. The summed E-state index contributed by atoms with van der Waals surface area (Å²) in [5.74, 6) is -0.434. The number of hydrogen-bond acceptors (Lipinski definition) is 10. The van der Waals surface area contributed by atoms with Gasteiger partial charge in [0, 0.05) is 88.3 Å². The number of hydrogen-bond donors (Lipinski definition) is 2. The molecule has 2 aliphatic heterocycles. The molecule has 0 unspecified atom stereocenters. The zero-order valence-corrected chi connectivity index (χ0v) is 36.5. The van der Waals surface area contributed by atoms with Crippen LogP contribution in [0.5, 0.6) is 0 Å². The minimum Gasteiger partial charge on any atom is -0.310 e. The molecule has 0 aliphatic carbocycles. The Kier molecular flexibility index (Phi) is 16.8. The van der Waals surface area contributed by atoms with Gasteiger partial charge in [0.1, 0.15) is 11.6 Å². The molecule has 0 spiro atoms. The van der Waals surface area contributed by atoms with Crippen molar-refractivity contribution in [1.82, 2.24) is 49.5 Å². The first-order valence-corrected chi connectivity index (χ1v) is 22.2. The molecule has 0 saturated carbocycles. The van der Waals surface area contributed by atoms with Gasteiger partial charge in [0.25, 0.3) is 11.1 Å². The third-order valence-corrected chi connectivity index (χ3v) is 12.2. The molecule has 0 atom stereocenters. The number of halogens is 2. The van der Waals surface area contributed by atoms with Gasteiger partial charge in [-0.2, -0.15) is 0 Å². The lowest BCUT2D eigenvalue weighted by atomic mass is 10.0. The summed E-state index contributed by atoms with van der Waals surface area (Å²) in [5.41, 5.74) is 8.47. The van der Waals surface area contributed by atoms with Crippen LogP contribution in [0.2, 0.25) is 0 Å². The van der Waals surface area contributed by atoms with E-state index in [1.54, 1.807) is 48.8 Å². The second kappa shape index (κ2) is 22.4. The van der Waals surface area contributed by atoms with Crippen LogP contribution in [0.1, 0.15) is 80.6 Å². The van der Waals surface area contributed by atoms with E-state index in [1.807, 2.05) is 61.4 Å². The summed E-state index contributed by atoms with van der Waals surface area (Å²) in [6.45, 7) is 16.0. The molecule has 0 bridgehead atoms. The van der Waals surface area contributed by atoms with E-state index in [-0.39, 0.29) is 30.2 Å². The number of aryl methyl sites for hydroxylation is 4. The monoisotopic (exact) mass is 863 g/mol. The summed E-state index contributed by atoms with van der Waals surface area (Å²) in [5, 5.41) is 7.08. The highest BCUT2D eigenvalue weighted by Crippen LogP contribution is 2.17. The summed E-state index contributed by atoms with van der Waals surface area (Å²) in [6, 6.07) is 14.9. The third kappa shape index (κ3) is 12.5. The third-order valence-electron chi connectivity index (χ3n) is 12.2. The summed E-state index contributed by atoms with van der Waals surface area (Å²) < 4.78 is 31.5. The number of piperidine rings is 2. The van der Waals surface area contributed by atoms with E-state index in [0.717, 1.165) is 109 Å². The van der Waals surface area contributed by atoms with E-state index >= 15 is 0 Å². The van der Waals surface area contributed by atoms with Gasteiger partial charge in [0.2, 0.25) is 0 Å². The number of rotatable bonds is 14. The van der Waals surface area contributed by atoms with Crippen molar-refractivity contribution < 1.29 is 8.78 Å². The highest BCUT2D eigenvalue weighted by atomic mass is 19.1. The molecule has 0 aromatic carbocycles. The Labute approximate surface area is 369 Å². The Hall–Kier alpha value is -5.28. The van der Waals surface area contributed by atoms with E-state index in [9.17, 15) is 18.4 Å². The van der Waals surface area contributed by atoms with Crippen LogP contribution in [0.3, 0.4) is 0 Å². The van der Waals surface area contributed by atoms with Crippen molar-refractivity contribution in [1.29, 1.82) is 0 Å². The normalized spacial score (nSPS) is 15.3. The number of nitrogens with zero attached hydrogens (tertiary/aromatic N) is 8. The van der Waals surface area contributed by atoms with Crippen LogP contribution in [0.4, 0.5) is 8.78 Å². The maximum atomic E-state index is 13.9. The van der Waals surface area contributed by atoms with E-state index in [0.29, 0.717) is 62.5 Å². The summed E-state index contributed by atoms with van der Waals surface area (Å²) >= 11 is 0. The molecule has 2 aliphatic rings. The minimum atomic E-state index is -0.217. The Morgan fingerprint density at radius 2 is 0.968 bits per heavy atom. The smallest absolute Gasteiger partial charge is 0.251 e. The fourth-order valence-electron chi connectivity index (χ4n) is 8.45. The van der Waals surface area contributed by atoms with Crippen LogP contribution < -0.4 is 21.8 Å². The molecule has 6 aromatic heterocycles. The highest BCUT2D eigenvalue weighted by molar-refractivity contribution is 5.75. The molecular weight excluding hydrogens is 799 g/mol. The van der Waals surface area contributed by atoms with Gasteiger partial charge in [-0.15, -0.1) is 0 Å². The molecule has 2 fully saturated rings. The number of pyridine rings is 6. The Morgan fingerprint density at radius 3 is 1.33 bits per heavy atom. The predicted molar refractivity (Wildman–Crippen MR) is 248 cm³/mol. The number of nitrogens with one attached hydrogen (secondary N) is 2. The molecule has 14 heteroatoms. The minimum absolute atomic E-state index is 0. The second-order valence-corrected chi connectivity index (χ2v) is 16.7. The average Bonchev–Trinajstić information content (AvgIpc) is 3.28. The van der Waals surface area contributed by atoms with Gasteiger partial charge in [-0.1, -0.05) is 21.3 Å². The van der Waals surface area contributed by atoms with Gasteiger partial charge in [0.05, 0.1) is 33.5 Å². The van der Waals surface area contributed by atoms with Crippen LogP contribution in [0, 0.1) is 25.5 Å². The van der Waals surface area contributed by atoms with Crippen molar-refractivity contribution in [3.05, 3.63) is 139 Å². The molecule has 2 saturated heterocycles. The van der Waals surface area contributed by atoms with Gasteiger partial charge in [0.15, 0.2) is 0 Å². The van der Waals surface area contributed by atoms with E-state index in [4.69, 9.17) is 0 Å². The Morgan fingerprint density at radius 1 is 0.571 bits per heavy atom. The summed E-state index contributed by atoms with van der Waals surface area (Å²) in [4.78, 5) is 47.0. The fraction of sp³-hybridized carbons (Fsp3) is 0.469. The van der Waals surface area contributed by atoms with Crippen molar-refractivity contribution in [3.63, 3.8) is 0 Å². The quantitative estimate of drug-likeness (QED) is 0.122. The van der Waals surface area contributed by atoms with E-state index < -0.39 is 0 Å². The standard InChI is InChI=1S/2C24H30FN5O.CH4/c2*1-3-21-20(25)13-18(16-28-21)15-26-19-6-8-29(9-7-19)10-11-30-23-12-17(2)14-27-22(23)4-5-24(30)31;/h2*4-5,12-14,16,19,26H,3,6-11,15H2,1-2H3;1H4. The molecule has 0 radical (unpaired) electrons. The van der Waals surface area contributed by atoms with Crippen LogP contribution >= 0.6 is 0 Å². The van der Waals surface area contributed by atoms with Crippen molar-refractivity contribution >= 4 is 22.1 Å². The number of fused-ring (bicyclic) bond motifs is 2.